The molecule has 28 heavy (non-hydrogen) atoms. The van der Waals surface area contributed by atoms with E-state index < -0.39 is 0 Å². The Morgan fingerprint density at radius 1 is 1.00 bits per heavy atom. The second-order valence-corrected chi connectivity index (χ2v) is 8.20. The van der Waals surface area contributed by atoms with Gasteiger partial charge in [0.1, 0.15) is 5.82 Å². The Kier molecular flexibility index (Phi) is 6.02. The average molecular weight is 414 g/mol. The second-order valence-electron chi connectivity index (χ2n) is 6.68. The van der Waals surface area contributed by atoms with Crippen LogP contribution in [0.15, 0.2) is 57.9 Å². The standard InChI is InChI=1S/C21H20FN3OS2/c22-17-8-4-15(5-9-17)20-23-21(26-24-20)16-6-10-18(11-7-16)28-14-19(27)25-12-2-1-3-13-25/h4-11H,1-3,12-14H2. The van der Waals surface area contributed by atoms with Gasteiger partial charge in [-0.15, -0.1) is 11.8 Å². The quantitative estimate of drug-likeness (QED) is 0.409. The van der Waals surface area contributed by atoms with Gasteiger partial charge in [-0.3, -0.25) is 0 Å². The van der Waals surface area contributed by atoms with Crippen LogP contribution < -0.4 is 0 Å². The topological polar surface area (TPSA) is 42.2 Å². The van der Waals surface area contributed by atoms with Gasteiger partial charge < -0.3 is 9.42 Å². The summed E-state index contributed by atoms with van der Waals surface area (Å²) >= 11 is 7.33. The highest BCUT2D eigenvalue weighted by Gasteiger charge is 2.14. The summed E-state index contributed by atoms with van der Waals surface area (Å²) in [6.45, 7) is 2.18. The van der Waals surface area contributed by atoms with Crippen molar-refractivity contribution in [3.63, 3.8) is 0 Å². The van der Waals surface area contributed by atoms with Crippen molar-refractivity contribution in [2.45, 2.75) is 24.2 Å². The first-order valence-electron chi connectivity index (χ1n) is 9.30. The maximum absolute atomic E-state index is 13.1. The number of halogens is 1. The van der Waals surface area contributed by atoms with Gasteiger partial charge in [0.2, 0.25) is 5.82 Å². The van der Waals surface area contributed by atoms with Crippen LogP contribution in [-0.4, -0.2) is 38.9 Å². The molecule has 1 saturated heterocycles. The second kappa shape index (κ2) is 8.84. The highest BCUT2D eigenvalue weighted by atomic mass is 32.2. The van der Waals surface area contributed by atoms with Crippen LogP contribution in [-0.2, 0) is 0 Å². The van der Waals surface area contributed by atoms with Crippen LogP contribution in [0.5, 0.6) is 0 Å². The number of aromatic nitrogens is 2. The molecule has 0 N–H and O–H groups in total. The SMILES string of the molecule is Fc1ccc(-c2noc(-c3ccc(SCC(=S)N4CCCCC4)cc3)n2)cc1. The Morgan fingerprint density at radius 2 is 1.68 bits per heavy atom. The fraction of sp³-hybridized carbons (Fsp3) is 0.286. The predicted molar refractivity (Wildman–Crippen MR) is 114 cm³/mol. The van der Waals surface area contributed by atoms with Gasteiger partial charge >= 0.3 is 0 Å². The molecule has 0 bridgehead atoms. The molecule has 2 heterocycles. The van der Waals surface area contributed by atoms with Gasteiger partial charge in [0, 0.05) is 34.9 Å². The van der Waals surface area contributed by atoms with Crippen molar-refractivity contribution >= 4 is 29.0 Å². The number of benzene rings is 2. The van der Waals surface area contributed by atoms with Crippen LogP contribution in [0, 0.1) is 5.82 Å². The van der Waals surface area contributed by atoms with E-state index >= 15 is 0 Å². The molecule has 0 radical (unpaired) electrons. The van der Waals surface area contributed by atoms with Crippen LogP contribution >= 0.6 is 24.0 Å². The normalized spacial score (nSPS) is 14.2. The maximum Gasteiger partial charge on any atom is 0.258 e. The molecule has 1 aliphatic heterocycles. The number of likely N-dealkylation sites (tertiary alicyclic amines) is 1. The molecule has 7 heteroatoms. The number of thiocarbonyl (C=S) groups is 1. The average Bonchev–Trinajstić information content (AvgIpc) is 3.24. The largest absolute Gasteiger partial charge is 0.365 e. The van der Waals surface area contributed by atoms with Gasteiger partial charge in [-0.2, -0.15) is 4.98 Å². The van der Waals surface area contributed by atoms with E-state index in [4.69, 9.17) is 16.7 Å². The number of hydrogen-bond donors (Lipinski definition) is 0. The minimum atomic E-state index is -0.291. The summed E-state index contributed by atoms with van der Waals surface area (Å²) in [4.78, 5) is 8.93. The number of nitrogens with zero attached hydrogens (tertiary/aromatic N) is 3. The summed E-state index contributed by atoms with van der Waals surface area (Å²) in [5.74, 6) is 1.42. The summed E-state index contributed by atoms with van der Waals surface area (Å²) in [5.41, 5.74) is 1.57. The molecule has 0 unspecified atom stereocenters. The first-order valence-corrected chi connectivity index (χ1v) is 10.7. The van der Waals surface area contributed by atoms with Crippen LogP contribution in [0.1, 0.15) is 19.3 Å². The molecule has 4 rings (SSSR count). The molecule has 4 nitrogen and oxygen atoms in total. The van der Waals surface area contributed by atoms with E-state index in [1.165, 1.54) is 31.4 Å². The van der Waals surface area contributed by atoms with Gasteiger partial charge in [0.15, 0.2) is 0 Å². The van der Waals surface area contributed by atoms with E-state index in [0.717, 1.165) is 39.9 Å². The van der Waals surface area contributed by atoms with E-state index in [1.807, 2.05) is 24.3 Å². The number of thioether (sulfide) groups is 1. The summed E-state index contributed by atoms with van der Waals surface area (Å²) < 4.78 is 18.4. The van der Waals surface area contributed by atoms with Crippen molar-refractivity contribution in [1.82, 2.24) is 15.0 Å². The number of hydrogen-bond acceptors (Lipinski definition) is 5. The molecule has 2 aromatic carbocycles. The van der Waals surface area contributed by atoms with E-state index in [1.54, 1.807) is 23.9 Å². The molecule has 1 aliphatic rings. The lowest BCUT2D eigenvalue weighted by Crippen LogP contribution is -2.35. The first kappa shape index (κ1) is 19.1. The lowest BCUT2D eigenvalue weighted by atomic mass is 10.1. The number of piperidine rings is 1. The van der Waals surface area contributed by atoms with Crippen molar-refractivity contribution < 1.29 is 8.91 Å². The molecule has 1 aromatic heterocycles. The molecule has 1 fully saturated rings. The monoisotopic (exact) mass is 413 g/mol. The summed E-state index contributed by atoms with van der Waals surface area (Å²) in [6, 6.07) is 14.0. The minimum absolute atomic E-state index is 0.291. The molecule has 0 saturated carbocycles. The van der Waals surface area contributed by atoms with Crippen molar-refractivity contribution in [3.05, 3.63) is 54.3 Å². The Bertz CT molecular complexity index is 935. The summed E-state index contributed by atoms with van der Waals surface area (Å²) in [6.07, 6.45) is 3.79. The fourth-order valence-electron chi connectivity index (χ4n) is 3.13. The van der Waals surface area contributed by atoms with E-state index in [9.17, 15) is 4.39 Å². The van der Waals surface area contributed by atoms with E-state index in [-0.39, 0.29) is 5.82 Å². The van der Waals surface area contributed by atoms with E-state index in [0.29, 0.717) is 11.7 Å². The molecule has 0 spiro atoms. The van der Waals surface area contributed by atoms with Crippen LogP contribution in [0.2, 0.25) is 0 Å². The highest BCUT2D eigenvalue weighted by molar-refractivity contribution is 8.01. The smallest absolute Gasteiger partial charge is 0.258 e. The Morgan fingerprint density at radius 3 is 2.39 bits per heavy atom. The zero-order valence-electron chi connectivity index (χ0n) is 15.3. The van der Waals surface area contributed by atoms with Gasteiger partial charge in [0.05, 0.1) is 4.99 Å². The lowest BCUT2D eigenvalue weighted by molar-refractivity contribution is 0.346. The van der Waals surface area contributed by atoms with Crippen LogP contribution in [0.4, 0.5) is 4.39 Å². The Balaban J connectivity index is 1.38. The van der Waals surface area contributed by atoms with E-state index in [2.05, 4.69) is 15.0 Å². The minimum Gasteiger partial charge on any atom is -0.365 e. The first-order chi connectivity index (χ1) is 13.7. The number of rotatable bonds is 5. The molecule has 0 amide bonds. The van der Waals surface area contributed by atoms with Crippen molar-refractivity contribution in [2.24, 2.45) is 0 Å². The molecular formula is C21H20FN3OS2. The third-order valence-corrected chi connectivity index (χ3v) is 6.31. The third-order valence-electron chi connectivity index (χ3n) is 4.70. The third kappa shape index (κ3) is 4.59. The fourth-order valence-corrected chi connectivity index (χ4v) is 4.29. The molecular weight excluding hydrogens is 393 g/mol. The molecule has 0 atom stereocenters. The summed E-state index contributed by atoms with van der Waals surface area (Å²) in [7, 11) is 0. The van der Waals surface area contributed by atoms with Crippen molar-refractivity contribution in [2.75, 3.05) is 18.8 Å². The van der Waals surface area contributed by atoms with Crippen LogP contribution in [0.25, 0.3) is 22.8 Å². The Labute approximate surface area is 173 Å². The van der Waals surface area contributed by atoms with Gasteiger partial charge in [-0.25, -0.2) is 4.39 Å². The predicted octanol–water partition coefficient (Wildman–Crippen LogP) is 5.45. The Hall–Kier alpha value is -2.25. The van der Waals surface area contributed by atoms with Crippen molar-refractivity contribution in [3.8, 4) is 22.8 Å². The summed E-state index contributed by atoms with van der Waals surface area (Å²) in [5, 5.41) is 3.99. The van der Waals surface area contributed by atoms with Crippen LogP contribution in [0.3, 0.4) is 0 Å². The zero-order valence-corrected chi connectivity index (χ0v) is 16.9. The zero-order chi connectivity index (χ0) is 19.3. The highest BCUT2D eigenvalue weighted by Crippen LogP contribution is 2.26. The van der Waals surface area contributed by atoms with Crippen molar-refractivity contribution in [1.29, 1.82) is 0 Å². The maximum atomic E-state index is 13.1. The molecule has 144 valence electrons. The van der Waals surface area contributed by atoms with Gasteiger partial charge in [-0.1, -0.05) is 17.4 Å². The molecule has 0 aliphatic carbocycles. The molecule has 3 aromatic rings. The lowest BCUT2D eigenvalue weighted by Gasteiger charge is -2.28. The van der Waals surface area contributed by atoms with Gasteiger partial charge in [-0.05, 0) is 67.8 Å². The van der Waals surface area contributed by atoms with Gasteiger partial charge in [0.25, 0.3) is 5.89 Å².